The van der Waals surface area contributed by atoms with Crippen molar-refractivity contribution in [1.29, 1.82) is 0 Å². The fourth-order valence-electron chi connectivity index (χ4n) is 4.89. The van der Waals surface area contributed by atoms with Gasteiger partial charge in [0.25, 0.3) is 0 Å². The molecule has 1 N–H and O–H groups in total. The van der Waals surface area contributed by atoms with E-state index in [-0.39, 0.29) is 23.7 Å². The van der Waals surface area contributed by atoms with E-state index in [1.54, 1.807) is 7.11 Å². The van der Waals surface area contributed by atoms with Crippen molar-refractivity contribution in [3.8, 4) is 17.2 Å². The third kappa shape index (κ3) is 5.94. The van der Waals surface area contributed by atoms with Gasteiger partial charge in [0, 0.05) is 23.4 Å². The molecule has 1 heterocycles. The Balaban J connectivity index is 1.38. The third-order valence-corrected chi connectivity index (χ3v) is 6.72. The molecule has 1 atom stereocenters. The van der Waals surface area contributed by atoms with E-state index in [9.17, 15) is 4.79 Å². The Morgan fingerprint density at radius 3 is 2.76 bits per heavy atom. The van der Waals surface area contributed by atoms with Gasteiger partial charge in [-0.3, -0.25) is 4.79 Å². The molecule has 0 spiro atoms. The predicted molar refractivity (Wildman–Crippen MR) is 130 cm³/mol. The summed E-state index contributed by atoms with van der Waals surface area (Å²) in [5.41, 5.74) is 1.68. The standard InChI is InChI=1S/C27H34ClNO4/c1-27(2)17-22(21-16-19(28)14-15-23(21)33-27)29-25(30)13-7-9-18-8-6-12-24(31-3)26(18)32-20-10-4-5-11-20/h6,8,12,14-16,20,22H,4-5,7,9-11,13,17H2,1-3H3,(H,29,30). The number of ether oxygens (including phenoxy) is 3. The Morgan fingerprint density at radius 1 is 1.21 bits per heavy atom. The van der Waals surface area contributed by atoms with Crippen molar-refractivity contribution in [1.82, 2.24) is 5.32 Å². The molecule has 1 fully saturated rings. The number of halogens is 1. The van der Waals surface area contributed by atoms with Gasteiger partial charge in [0.15, 0.2) is 11.5 Å². The van der Waals surface area contributed by atoms with Crippen molar-refractivity contribution in [2.24, 2.45) is 0 Å². The minimum atomic E-state index is -0.355. The van der Waals surface area contributed by atoms with Gasteiger partial charge < -0.3 is 19.5 Å². The number of benzene rings is 2. The number of methoxy groups -OCH3 is 1. The number of fused-ring (bicyclic) bond motifs is 1. The van der Waals surface area contributed by atoms with Gasteiger partial charge in [-0.15, -0.1) is 0 Å². The van der Waals surface area contributed by atoms with Crippen molar-refractivity contribution in [3.63, 3.8) is 0 Å². The molecule has 2 aromatic rings. The third-order valence-electron chi connectivity index (χ3n) is 6.48. The molecule has 2 aliphatic rings. The van der Waals surface area contributed by atoms with Crippen LogP contribution in [-0.4, -0.2) is 24.7 Å². The lowest BCUT2D eigenvalue weighted by Gasteiger charge is -2.38. The highest BCUT2D eigenvalue weighted by atomic mass is 35.5. The van der Waals surface area contributed by atoms with Crippen LogP contribution in [0.2, 0.25) is 5.02 Å². The van der Waals surface area contributed by atoms with Gasteiger partial charge >= 0.3 is 0 Å². The minimum absolute atomic E-state index is 0.0322. The molecular weight excluding hydrogens is 438 g/mol. The molecule has 1 saturated carbocycles. The van der Waals surface area contributed by atoms with Crippen LogP contribution in [0.3, 0.4) is 0 Å². The number of hydrogen-bond donors (Lipinski definition) is 1. The molecule has 4 rings (SSSR count). The van der Waals surface area contributed by atoms with Crippen LogP contribution >= 0.6 is 11.6 Å². The first-order valence-electron chi connectivity index (χ1n) is 11.9. The first-order chi connectivity index (χ1) is 15.8. The summed E-state index contributed by atoms with van der Waals surface area (Å²) in [5, 5.41) is 3.85. The summed E-state index contributed by atoms with van der Waals surface area (Å²) < 4.78 is 18.0. The number of aryl methyl sites for hydroxylation is 1. The highest BCUT2D eigenvalue weighted by Gasteiger charge is 2.34. The Bertz CT molecular complexity index is 984. The predicted octanol–water partition coefficient (Wildman–Crippen LogP) is 6.41. The SMILES string of the molecule is COc1cccc(CCCC(=O)NC2CC(C)(C)Oc3ccc(Cl)cc32)c1OC1CCCC1. The van der Waals surface area contributed by atoms with Crippen LogP contribution in [0.1, 0.15) is 76.0 Å². The highest BCUT2D eigenvalue weighted by Crippen LogP contribution is 2.41. The van der Waals surface area contributed by atoms with Crippen molar-refractivity contribution in [3.05, 3.63) is 52.5 Å². The fourth-order valence-corrected chi connectivity index (χ4v) is 5.07. The summed E-state index contributed by atoms with van der Waals surface area (Å²) in [6, 6.07) is 11.5. The molecule has 0 aromatic heterocycles. The van der Waals surface area contributed by atoms with Crippen molar-refractivity contribution in [2.45, 2.75) is 83.0 Å². The molecule has 5 nitrogen and oxygen atoms in total. The van der Waals surface area contributed by atoms with Gasteiger partial charge in [-0.05, 0) is 82.2 Å². The second kappa shape index (κ2) is 10.3. The summed E-state index contributed by atoms with van der Waals surface area (Å²) in [7, 11) is 1.67. The van der Waals surface area contributed by atoms with E-state index < -0.39 is 0 Å². The number of carbonyl (C=O) groups is 1. The van der Waals surface area contributed by atoms with Crippen LogP contribution in [0.25, 0.3) is 0 Å². The smallest absolute Gasteiger partial charge is 0.220 e. The number of rotatable bonds is 8. The van der Waals surface area contributed by atoms with E-state index in [0.29, 0.717) is 17.9 Å². The normalized spacial score (nSPS) is 19.5. The van der Waals surface area contributed by atoms with Gasteiger partial charge in [-0.25, -0.2) is 0 Å². The maximum Gasteiger partial charge on any atom is 0.220 e. The lowest BCUT2D eigenvalue weighted by atomic mass is 9.89. The molecule has 1 unspecified atom stereocenters. The van der Waals surface area contributed by atoms with Crippen LogP contribution in [0.4, 0.5) is 0 Å². The fraction of sp³-hybridized carbons (Fsp3) is 0.519. The number of para-hydroxylation sites is 1. The topological polar surface area (TPSA) is 56.8 Å². The molecule has 0 saturated heterocycles. The Kier molecular flexibility index (Phi) is 7.38. The number of amides is 1. The lowest BCUT2D eigenvalue weighted by molar-refractivity contribution is -0.122. The summed E-state index contributed by atoms with van der Waals surface area (Å²) in [5.74, 6) is 2.42. The van der Waals surface area contributed by atoms with E-state index >= 15 is 0 Å². The monoisotopic (exact) mass is 471 g/mol. The molecule has 178 valence electrons. The van der Waals surface area contributed by atoms with E-state index in [1.165, 1.54) is 12.8 Å². The van der Waals surface area contributed by atoms with Crippen LogP contribution in [0, 0.1) is 0 Å². The first-order valence-corrected chi connectivity index (χ1v) is 12.3. The summed E-state index contributed by atoms with van der Waals surface area (Å²) >= 11 is 6.21. The van der Waals surface area contributed by atoms with E-state index in [1.807, 2.05) is 44.2 Å². The second-order valence-corrected chi connectivity index (χ2v) is 10.1. The van der Waals surface area contributed by atoms with Crippen molar-refractivity contribution in [2.75, 3.05) is 7.11 Å². The quantitative estimate of drug-likeness (QED) is 0.483. The zero-order valence-corrected chi connectivity index (χ0v) is 20.5. The molecule has 0 radical (unpaired) electrons. The van der Waals surface area contributed by atoms with E-state index in [0.717, 1.165) is 54.1 Å². The molecule has 1 aliphatic heterocycles. The van der Waals surface area contributed by atoms with Crippen LogP contribution in [-0.2, 0) is 11.2 Å². The highest BCUT2D eigenvalue weighted by molar-refractivity contribution is 6.30. The number of hydrogen-bond acceptors (Lipinski definition) is 4. The maximum absolute atomic E-state index is 12.9. The molecule has 1 amide bonds. The van der Waals surface area contributed by atoms with Crippen molar-refractivity contribution < 1.29 is 19.0 Å². The average molecular weight is 472 g/mol. The first kappa shape index (κ1) is 23.7. The molecule has 1 aliphatic carbocycles. The zero-order valence-electron chi connectivity index (χ0n) is 19.8. The second-order valence-electron chi connectivity index (χ2n) is 9.69. The van der Waals surface area contributed by atoms with Crippen molar-refractivity contribution >= 4 is 17.5 Å². The van der Waals surface area contributed by atoms with Gasteiger partial charge in [0.1, 0.15) is 11.4 Å². The van der Waals surface area contributed by atoms with Gasteiger partial charge in [-0.2, -0.15) is 0 Å². The van der Waals surface area contributed by atoms with Crippen LogP contribution < -0.4 is 19.5 Å². The van der Waals surface area contributed by atoms with Crippen LogP contribution in [0.5, 0.6) is 17.2 Å². The van der Waals surface area contributed by atoms with Crippen LogP contribution in [0.15, 0.2) is 36.4 Å². The lowest BCUT2D eigenvalue weighted by Crippen LogP contribution is -2.41. The van der Waals surface area contributed by atoms with Gasteiger partial charge in [0.2, 0.25) is 5.91 Å². The van der Waals surface area contributed by atoms with Gasteiger partial charge in [-0.1, -0.05) is 23.7 Å². The molecule has 6 heteroatoms. The molecule has 33 heavy (non-hydrogen) atoms. The zero-order chi connectivity index (χ0) is 23.4. The number of carbonyl (C=O) groups excluding carboxylic acids is 1. The Morgan fingerprint density at radius 2 is 2.00 bits per heavy atom. The summed E-state index contributed by atoms with van der Waals surface area (Å²) in [6.07, 6.45) is 7.49. The van der Waals surface area contributed by atoms with Gasteiger partial charge in [0.05, 0.1) is 19.3 Å². The maximum atomic E-state index is 12.9. The minimum Gasteiger partial charge on any atom is -0.493 e. The Hall–Kier alpha value is -2.40. The average Bonchev–Trinajstić information content (AvgIpc) is 3.28. The summed E-state index contributed by atoms with van der Waals surface area (Å²) in [4.78, 5) is 12.9. The molecular formula is C27H34ClNO4. The summed E-state index contributed by atoms with van der Waals surface area (Å²) in [6.45, 7) is 4.08. The van der Waals surface area contributed by atoms with E-state index in [2.05, 4.69) is 11.4 Å². The number of nitrogens with one attached hydrogen (secondary N) is 1. The molecule has 2 aromatic carbocycles. The van der Waals surface area contributed by atoms with E-state index in [4.69, 9.17) is 25.8 Å². The molecule has 0 bridgehead atoms. The largest absolute Gasteiger partial charge is 0.493 e. The Labute approximate surface area is 201 Å².